The Bertz CT molecular complexity index is 635. The summed E-state index contributed by atoms with van der Waals surface area (Å²) >= 11 is 4.01. The van der Waals surface area contributed by atoms with E-state index in [1.807, 2.05) is 31.2 Å². The highest BCUT2D eigenvalue weighted by molar-refractivity contribution is 14.1. The molecule has 1 atom stereocenters. The molecule has 1 saturated heterocycles. The zero-order chi connectivity index (χ0) is 15.5. The molecule has 2 heterocycles. The third-order valence-corrected chi connectivity index (χ3v) is 5.46. The van der Waals surface area contributed by atoms with E-state index >= 15 is 0 Å². The fourth-order valence-corrected chi connectivity index (χ4v) is 4.37. The number of rotatable bonds is 5. The second-order valence-electron chi connectivity index (χ2n) is 5.27. The Morgan fingerprint density at radius 3 is 2.73 bits per heavy atom. The van der Waals surface area contributed by atoms with Crippen molar-refractivity contribution < 1.29 is 14.6 Å². The fraction of sp³-hybridized carbons (Fsp3) is 0.412. The summed E-state index contributed by atoms with van der Waals surface area (Å²) in [5.41, 5.74) is 3.17. The Kier molecular flexibility index (Phi) is 5.51. The molecule has 1 aliphatic rings. The summed E-state index contributed by atoms with van der Waals surface area (Å²) in [5.74, 6) is 0. The first-order valence-corrected chi connectivity index (χ1v) is 9.70. The summed E-state index contributed by atoms with van der Waals surface area (Å²) in [4.78, 5) is 2.15. The van der Waals surface area contributed by atoms with Gasteiger partial charge in [-0.05, 0) is 36.1 Å². The lowest BCUT2D eigenvalue weighted by atomic mass is 9.96. The molecule has 5 heteroatoms. The zero-order valence-corrected chi connectivity index (χ0v) is 15.4. The van der Waals surface area contributed by atoms with Crippen LogP contribution in [-0.2, 0) is 15.9 Å². The van der Waals surface area contributed by atoms with E-state index in [9.17, 15) is 5.11 Å². The van der Waals surface area contributed by atoms with Crippen molar-refractivity contribution in [1.29, 1.82) is 0 Å². The predicted molar refractivity (Wildman–Crippen MR) is 96.8 cm³/mol. The lowest BCUT2D eigenvalue weighted by Gasteiger charge is -2.15. The van der Waals surface area contributed by atoms with Crippen molar-refractivity contribution in [1.82, 2.24) is 0 Å². The van der Waals surface area contributed by atoms with E-state index in [2.05, 4.69) is 28.7 Å². The fourth-order valence-electron chi connectivity index (χ4n) is 2.73. The van der Waals surface area contributed by atoms with Crippen molar-refractivity contribution in [2.24, 2.45) is 0 Å². The second kappa shape index (κ2) is 7.40. The molecule has 3 rings (SSSR count). The topological polar surface area (TPSA) is 38.7 Å². The van der Waals surface area contributed by atoms with Crippen LogP contribution in [0.1, 0.15) is 38.8 Å². The van der Waals surface area contributed by atoms with Crippen LogP contribution < -0.4 is 0 Å². The van der Waals surface area contributed by atoms with E-state index in [4.69, 9.17) is 9.47 Å². The van der Waals surface area contributed by atoms with Crippen molar-refractivity contribution in [3.63, 3.8) is 0 Å². The third-order valence-electron chi connectivity index (χ3n) is 3.84. The van der Waals surface area contributed by atoms with E-state index in [1.54, 1.807) is 11.3 Å². The highest BCUT2D eigenvalue weighted by Crippen LogP contribution is 2.37. The molecule has 1 fully saturated rings. The van der Waals surface area contributed by atoms with E-state index in [0.717, 1.165) is 31.7 Å². The molecule has 1 aromatic carbocycles. The summed E-state index contributed by atoms with van der Waals surface area (Å²) in [5, 5.41) is 10.9. The van der Waals surface area contributed by atoms with Crippen LogP contribution in [0.3, 0.4) is 0 Å². The lowest BCUT2D eigenvalue weighted by Crippen LogP contribution is -2.04. The summed E-state index contributed by atoms with van der Waals surface area (Å²) in [7, 11) is 0. The molecular formula is C17H19IO3S. The maximum atomic E-state index is 10.9. The van der Waals surface area contributed by atoms with E-state index < -0.39 is 6.10 Å². The Labute approximate surface area is 148 Å². The highest BCUT2D eigenvalue weighted by atomic mass is 127. The first-order valence-electron chi connectivity index (χ1n) is 7.36. The molecule has 2 aromatic rings. The van der Waals surface area contributed by atoms with Crippen LogP contribution >= 0.6 is 33.9 Å². The van der Waals surface area contributed by atoms with E-state index in [1.165, 1.54) is 5.56 Å². The summed E-state index contributed by atoms with van der Waals surface area (Å²) in [6, 6.07) is 10.2. The van der Waals surface area contributed by atoms with Crippen molar-refractivity contribution >= 4 is 33.9 Å². The van der Waals surface area contributed by atoms with Gasteiger partial charge in [-0.25, -0.2) is 0 Å². The normalized spacial score (nSPS) is 17.0. The third kappa shape index (κ3) is 3.38. The van der Waals surface area contributed by atoms with Gasteiger partial charge in [-0.1, -0.05) is 46.9 Å². The largest absolute Gasteiger partial charge is 0.384 e. The van der Waals surface area contributed by atoms with Crippen LogP contribution in [0.15, 0.2) is 30.3 Å². The molecule has 0 radical (unpaired) electrons. The molecule has 0 saturated carbocycles. The quantitative estimate of drug-likeness (QED) is 0.572. The standard InChI is InChI=1S/C17H19IO3S/c1-11-14(10-15(22-11)17-20-8-9-21-17)16(19)13-5-3-2-4-12(13)6-7-18/h2-5,10,16-17,19H,6-9H2,1H3/t16-/m1/s1. The smallest absolute Gasteiger partial charge is 0.193 e. The maximum absolute atomic E-state index is 10.9. The van der Waals surface area contributed by atoms with Gasteiger partial charge < -0.3 is 14.6 Å². The minimum absolute atomic E-state index is 0.269. The minimum atomic E-state index is -0.592. The van der Waals surface area contributed by atoms with Gasteiger partial charge in [0, 0.05) is 9.30 Å². The number of hydrogen-bond donors (Lipinski definition) is 1. The first-order chi connectivity index (χ1) is 10.7. The van der Waals surface area contributed by atoms with Gasteiger partial charge in [-0.2, -0.15) is 0 Å². The zero-order valence-electron chi connectivity index (χ0n) is 12.4. The monoisotopic (exact) mass is 430 g/mol. The maximum Gasteiger partial charge on any atom is 0.193 e. The molecule has 1 aliphatic heterocycles. The van der Waals surface area contributed by atoms with Gasteiger partial charge in [0.2, 0.25) is 0 Å². The Hall–Kier alpha value is -0.470. The molecule has 1 aromatic heterocycles. The van der Waals surface area contributed by atoms with E-state index in [-0.39, 0.29) is 6.29 Å². The SMILES string of the molecule is Cc1sc(C2OCCO2)cc1[C@H](O)c1ccccc1CCI. The molecule has 3 nitrogen and oxygen atoms in total. The molecule has 22 heavy (non-hydrogen) atoms. The highest BCUT2D eigenvalue weighted by Gasteiger charge is 2.24. The number of alkyl halides is 1. The molecule has 0 bridgehead atoms. The molecule has 0 aliphatic carbocycles. The van der Waals surface area contributed by atoms with Crippen molar-refractivity contribution in [2.45, 2.75) is 25.7 Å². The minimum Gasteiger partial charge on any atom is -0.384 e. The second-order valence-corrected chi connectivity index (χ2v) is 7.64. The number of aliphatic hydroxyl groups is 1. The Morgan fingerprint density at radius 1 is 1.27 bits per heavy atom. The van der Waals surface area contributed by atoms with Gasteiger partial charge in [0.15, 0.2) is 6.29 Å². The first kappa shape index (κ1) is 16.4. The van der Waals surface area contributed by atoms with Crippen LogP contribution in [0, 0.1) is 6.92 Å². The molecule has 1 N–H and O–H groups in total. The van der Waals surface area contributed by atoms with Crippen molar-refractivity contribution in [2.75, 3.05) is 17.6 Å². The van der Waals surface area contributed by atoms with Crippen molar-refractivity contribution in [3.8, 4) is 0 Å². The molecule has 118 valence electrons. The van der Waals surface area contributed by atoms with Gasteiger partial charge in [-0.15, -0.1) is 11.3 Å². The van der Waals surface area contributed by atoms with Gasteiger partial charge in [-0.3, -0.25) is 0 Å². The van der Waals surface area contributed by atoms with Gasteiger partial charge in [0.25, 0.3) is 0 Å². The van der Waals surface area contributed by atoms with Crippen LogP contribution in [0.4, 0.5) is 0 Å². The number of hydrogen-bond acceptors (Lipinski definition) is 4. The summed E-state index contributed by atoms with van der Waals surface area (Å²) < 4.78 is 12.2. The number of thiophene rings is 1. The number of ether oxygens (including phenoxy) is 2. The molecular weight excluding hydrogens is 411 g/mol. The Morgan fingerprint density at radius 2 is 2.00 bits per heavy atom. The Balaban J connectivity index is 1.90. The van der Waals surface area contributed by atoms with Crippen LogP contribution in [0.2, 0.25) is 0 Å². The summed E-state index contributed by atoms with van der Waals surface area (Å²) in [6.45, 7) is 3.32. The van der Waals surface area contributed by atoms with E-state index in [0.29, 0.717) is 13.2 Å². The summed E-state index contributed by atoms with van der Waals surface area (Å²) in [6.07, 6.45) is 0.110. The predicted octanol–water partition coefficient (Wildman–Crippen LogP) is 4.16. The molecule has 0 unspecified atom stereocenters. The molecule has 0 amide bonds. The lowest BCUT2D eigenvalue weighted by molar-refractivity contribution is -0.0414. The van der Waals surface area contributed by atoms with Crippen LogP contribution in [-0.4, -0.2) is 22.7 Å². The van der Waals surface area contributed by atoms with Crippen LogP contribution in [0.5, 0.6) is 0 Å². The number of halogens is 1. The van der Waals surface area contributed by atoms with Gasteiger partial charge >= 0.3 is 0 Å². The van der Waals surface area contributed by atoms with Gasteiger partial charge in [0.1, 0.15) is 6.10 Å². The number of aryl methyl sites for hydroxylation is 2. The number of aliphatic hydroxyl groups excluding tert-OH is 1. The average Bonchev–Trinajstić information content (AvgIpc) is 3.17. The average molecular weight is 430 g/mol. The van der Waals surface area contributed by atoms with Crippen molar-refractivity contribution in [3.05, 3.63) is 56.8 Å². The van der Waals surface area contributed by atoms with Crippen LogP contribution in [0.25, 0.3) is 0 Å². The molecule has 0 spiro atoms. The van der Waals surface area contributed by atoms with Gasteiger partial charge in [0.05, 0.1) is 18.1 Å². The number of benzene rings is 1.